The van der Waals surface area contributed by atoms with E-state index in [-0.39, 0.29) is 16.7 Å². The van der Waals surface area contributed by atoms with Crippen LogP contribution < -0.4 is 0 Å². The van der Waals surface area contributed by atoms with Gasteiger partial charge in [-0.25, -0.2) is 0 Å². The first kappa shape index (κ1) is 23.0. The van der Waals surface area contributed by atoms with Crippen LogP contribution in [0.4, 0.5) is 0 Å². The van der Waals surface area contributed by atoms with Crippen molar-refractivity contribution in [2.24, 2.45) is 0 Å². The smallest absolute Gasteiger partial charge is 0.295 e. The van der Waals surface area contributed by atoms with Gasteiger partial charge in [-0.15, -0.1) is 0 Å². The number of Topliss-reactive ketones (excluding diaryl/α,β-unsaturated/α-hetero) is 1. The number of aliphatic hydroxyl groups is 1. The summed E-state index contributed by atoms with van der Waals surface area (Å²) in [6.07, 6.45) is 0.584. The largest absolute Gasteiger partial charge is 0.507 e. The van der Waals surface area contributed by atoms with Crippen molar-refractivity contribution < 1.29 is 19.4 Å². The Kier molecular flexibility index (Phi) is 6.87. The van der Waals surface area contributed by atoms with E-state index >= 15 is 0 Å². The van der Waals surface area contributed by atoms with Crippen LogP contribution in [-0.4, -0.2) is 42.0 Å². The van der Waals surface area contributed by atoms with Gasteiger partial charge in [-0.2, -0.15) is 0 Å². The van der Waals surface area contributed by atoms with Gasteiger partial charge >= 0.3 is 0 Å². The molecule has 31 heavy (non-hydrogen) atoms. The number of carbonyl (C=O) groups is 2. The summed E-state index contributed by atoms with van der Waals surface area (Å²) in [5, 5.41) is 11.5. The van der Waals surface area contributed by atoms with Gasteiger partial charge in [-0.1, -0.05) is 56.6 Å². The topological polar surface area (TPSA) is 66.8 Å². The number of carbonyl (C=O) groups excluding carboxylic acids is 2. The Morgan fingerprint density at radius 2 is 1.68 bits per heavy atom. The zero-order chi connectivity index (χ0) is 22.8. The van der Waals surface area contributed by atoms with Gasteiger partial charge in [-0.05, 0) is 47.2 Å². The quantitative estimate of drug-likeness (QED) is 0.293. The van der Waals surface area contributed by atoms with Crippen molar-refractivity contribution in [1.29, 1.82) is 0 Å². The molecule has 0 aromatic heterocycles. The molecule has 1 aliphatic heterocycles. The van der Waals surface area contributed by atoms with Crippen molar-refractivity contribution in [2.75, 3.05) is 20.3 Å². The Balaban J connectivity index is 2.11. The van der Waals surface area contributed by atoms with Gasteiger partial charge in [0.2, 0.25) is 0 Å². The van der Waals surface area contributed by atoms with Crippen LogP contribution in [0.15, 0.2) is 54.1 Å². The molecule has 5 nitrogen and oxygen atoms in total. The van der Waals surface area contributed by atoms with E-state index in [1.165, 1.54) is 4.90 Å². The summed E-state index contributed by atoms with van der Waals surface area (Å²) in [5.74, 6) is -1.50. The van der Waals surface area contributed by atoms with E-state index < -0.39 is 17.7 Å². The minimum Gasteiger partial charge on any atom is -0.507 e. The molecule has 1 heterocycles. The Morgan fingerprint density at radius 1 is 1.06 bits per heavy atom. The summed E-state index contributed by atoms with van der Waals surface area (Å²) < 4.78 is 5.12. The Labute approximate surface area is 188 Å². The number of amides is 1. The molecule has 164 valence electrons. The van der Waals surface area contributed by atoms with Crippen LogP contribution in [0.1, 0.15) is 49.9 Å². The lowest BCUT2D eigenvalue weighted by atomic mass is 9.85. The average molecular weight is 442 g/mol. The second-order valence-electron chi connectivity index (χ2n) is 8.72. The number of hydrogen-bond donors (Lipinski definition) is 1. The number of likely N-dealkylation sites (tertiary alicyclic amines) is 1. The Bertz CT molecular complexity index is 988. The third-order valence-corrected chi connectivity index (χ3v) is 5.75. The van der Waals surface area contributed by atoms with Gasteiger partial charge in [0.05, 0.1) is 11.6 Å². The number of halogens is 1. The van der Waals surface area contributed by atoms with Gasteiger partial charge in [0.1, 0.15) is 5.76 Å². The normalized spacial score (nSPS) is 18.6. The minimum absolute atomic E-state index is 0.0257. The second-order valence-corrected chi connectivity index (χ2v) is 9.15. The van der Waals surface area contributed by atoms with E-state index in [4.69, 9.17) is 16.3 Å². The first-order chi connectivity index (χ1) is 14.6. The highest BCUT2D eigenvalue weighted by molar-refractivity contribution is 6.46. The number of rotatable bonds is 6. The van der Waals surface area contributed by atoms with Crippen LogP contribution in [0.25, 0.3) is 5.76 Å². The third-order valence-electron chi connectivity index (χ3n) is 5.50. The summed E-state index contributed by atoms with van der Waals surface area (Å²) in [7, 11) is 1.59. The van der Waals surface area contributed by atoms with E-state index in [9.17, 15) is 14.7 Å². The number of hydrogen-bond acceptors (Lipinski definition) is 4. The van der Waals surface area contributed by atoms with E-state index in [1.807, 2.05) is 24.3 Å². The van der Waals surface area contributed by atoms with Gasteiger partial charge in [0, 0.05) is 30.8 Å². The lowest BCUT2D eigenvalue weighted by molar-refractivity contribution is -0.140. The van der Waals surface area contributed by atoms with Crippen LogP contribution in [0.2, 0.25) is 5.02 Å². The minimum atomic E-state index is -0.685. The fourth-order valence-corrected chi connectivity index (χ4v) is 3.89. The Morgan fingerprint density at radius 3 is 2.23 bits per heavy atom. The van der Waals surface area contributed by atoms with Crippen LogP contribution in [0.3, 0.4) is 0 Å². The molecule has 0 unspecified atom stereocenters. The zero-order valence-electron chi connectivity index (χ0n) is 18.3. The molecule has 0 aliphatic carbocycles. The number of benzene rings is 2. The predicted octanol–water partition coefficient (Wildman–Crippen LogP) is 5.10. The van der Waals surface area contributed by atoms with Gasteiger partial charge in [-0.3, -0.25) is 9.59 Å². The standard InChI is InChI=1S/C25H28ClNO4/c1-25(2,3)18-10-6-16(7-11-18)21-20(22(28)17-8-12-19(26)13-9-17)23(29)24(30)27(21)14-5-15-31-4/h6-13,21,28H,5,14-15H2,1-4H3/t21-/m0/s1. The highest BCUT2D eigenvalue weighted by Gasteiger charge is 2.45. The van der Waals surface area contributed by atoms with E-state index in [2.05, 4.69) is 20.8 Å². The summed E-state index contributed by atoms with van der Waals surface area (Å²) in [6.45, 7) is 7.19. The van der Waals surface area contributed by atoms with Crippen molar-refractivity contribution in [1.82, 2.24) is 4.90 Å². The zero-order valence-corrected chi connectivity index (χ0v) is 19.1. The van der Waals surface area contributed by atoms with Gasteiger partial charge in [0.25, 0.3) is 11.7 Å². The third kappa shape index (κ3) is 4.83. The fraction of sp³-hybridized carbons (Fsp3) is 0.360. The van der Waals surface area contributed by atoms with Gasteiger partial charge in [0.15, 0.2) is 0 Å². The average Bonchev–Trinajstić information content (AvgIpc) is 2.98. The van der Waals surface area contributed by atoms with Crippen molar-refractivity contribution in [3.05, 3.63) is 75.8 Å². The predicted molar refractivity (Wildman–Crippen MR) is 122 cm³/mol. The molecular weight excluding hydrogens is 414 g/mol. The Hall–Kier alpha value is -2.63. The van der Waals surface area contributed by atoms with E-state index in [1.54, 1.807) is 31.4 Å². The molecule has 0 saturated carbocycles. The van der Waals surface area contributed by atoms with Crippen molar-refractivity contribution >= 4 is 29.1 Å². The highest BCUT2D eigenvalue weighted by atomic mass is 35.5. The van der Waals surface area contributed by atoms with Crippen molar-refractivity contribution in [3.8, 4) is 0 Å². The fourth-order valence-electron chi connectivity index (χ4n) is 3.77. The lowest BCUT2D eigenvalue weighted by Gasteiger charge is -2.26. The molecule has 2 aromatic rings. The molecule has 0 bridgehead atoms. The van der Waals surface area contributed by atoms with Crippen LogP contribution in [0, 0.1) is 0 Å². The summed E-state index contributed by atoms with van der Waals surface area (Å²) in [4.78, 5) is 27.4. The molecule has 6 heteroatoms. The molecule has 3 rings (SSSR count). The van der Waals surface area contributed by atoms with Crippen LogP contribution >= 0.6 is 11.6 Å². The molecule has 1 N–H and O–H groups in total. The first-order valence-corrected chi connectivity index (χ1v) is 10.7. The SMILES string of the molecule is COCCCN1C(=O)C(=O)C(=C(O)c2ccc(Cl)cc2)[C@@H]1c1ccc(C(C)(C)C)cc1. The number of nitrogens with zero attached hydrogens (tertiary/aromatic N) is 1. The maximum atomic E-state index is 13.0. The van der Waals surface area contributed by atoms with E-state index in [0.717, 1.165) is 11.1 Å². The molecule has 0 radical (unpaired) electrons. The molecule has 1 aliphatic rings. The number of methoxy groups -OCH3 is 1. The molecule has 1 fully saturated rings. The highest BCUT2D eigenvalue weighted by Crippen LogP contribution is 2.40. The maximum Gasteiger partial charge on any atom is 0.295 e. The van der Waals surface area contributed by atoms with Crippen LogP contribution in [-0.2, 0) is 19.7 Å². The monoisotopic (exact) mass is 441 g/mol. The molecule has 1 atom stereocenters. The summed E-state index contributed by atoms with van der Waals surface area (Å²) >= 11 is 5.96. The lowest BCUT2D eigenvalue weighted by Crippen LogP contribution is -2.31. The second kappa shape index (κ2) is 9.25. The first-order valence-electron chi connectivity index (χ1n) is 10.3. The molecule has 1 saturated heterocycles. The van der Waals surface area contributed by atoms with Crippen LogP contribution in [0.5, 0.6) is 0 Å². The summed E-state index contributed by atoms with van der Waals surface area (Å²) in [5.41, 5.74) is 2.43. The van der Waals surface area contributed by atoms with Crippen molar-refractivity contribution in [2.45, 2.75) is 38.6 Å². The van der Waals surface area contributed by atoms with Gasteiger partial charge < -0.3 is 14.7 Å². The number of ether oxygens (including phenoxy) is 1. The summed E-state index contributed by atoms with van der Waals surface area (Å²) in [6, 6.07) is 13.7. The molecule has 1 amide bonds. The van der Waals surface area contributed by atoms with Crippen molar-refractivity contribution in [3.63, 3.8) is 0 Å². The molecule has 0 spiro atoms. The maximum absolute atomic E-state index is 13.0. The molecule has 2 aromatic carbocycles. The number of ketones is 1. The molecular formula is C25H28ClNO4. The number of aliphatic hydroxyl groups excluding tert-OH is 1. The van der Waals surface area contributed by atoms with E-state index in [0.29, 0.717) is 30.2 Å².